The number of benzene rings is 2. The molecule has 3 aromatic rings. The van der Waals surface area contributed by atoms with Crippen LogP contribution < -0.4 is 10.3 Å². The molecule has 0 aliphatic heterocycles. The van der Waals surface area contributed by atoms with E-state index in [9.17, 15) is 9.59 Å². The Hall–Kier alpha value is -3.33. The van der Waals surface area contributed by atoms with Gasteiger partial charge in [-0.1, -0.05) is 30.3 Å². The van der Waals surface area contributed by atoms with Crippen molar-refractivity contribution in [2.45, 2.75) is 19.8 Å². The van der Waals surface area contributed by atoms with Crippen LogP contribution in [0, 0.1) is 4.77 Å². The van der Waals surface area contributed by atoms with Crippen molar-refractivity contribution in [2.75, 3.05) is 6.61 Å². The highest BCUT2D eigenvalue weighted by atomic mass is 32.1. The molecule has 0 fully saturated rings. The number of fused-ring (bicyclic) bond motifs is 1. The minimum Gasteiger partial charge on any atom is -0.493 e. The van der Waals surface area contributed by atoms with Gasteiger partial charge in [0.2, 0.25) is 4.77 Å². The van der Waals surface area contributed by atoms with E-state index in [0.717, 1.165) is 15.4 Å². The van der Waals surface area contributed by atoms with Crippen molar-refractivity contribution in [1.29, 1.82) is 0 Å². The van der Waals surface area contributed by atoms with Gasteiger partial charge in [-0.3, -0.25) is 14.7 Å². The van der Waals surface area contributed by atoms with Crippen LogP contribution >= 0.6 is 12.2 Å². The number of rotatable bonds is 7. The molecule has 0 spiro atoms. The van der Waals surface area contributed by atoms with Crippen molar-refractivity contribution < 1.29 is 14.6 Å². The fraction of sp³-hybridized carbons (Fsp3) is 0.211. The average molecular weight is 398 g/mol. The average Bonchev–Trinajstić information content (AvgIpc) is 2.68. The summed E-state index contributed by atoms with van der Waals surface area (Å²) in [5.74, 6) is -0.385. The first kappa shape index (κ1) is 19.4. The van der Waals surface area contributed by atoms with Gasteiger partial charge in [0, 0.05) is 12.0 Å². The lowest BCUT2D eigenvalue weighted by Gasteiger charge is -2.10. The van der Waals surface area contributed by atoms with E-state index in [1.807, 2.05) is 43.3 Å². The number of nitrogens with one attached hydrogen (secondary N) is 1. The van der Waals surface area contributed by atoms with Crippen LogP contribution in [0.1, 0.15) is 24.6 Å². The quantitative estimate of drug-likeness (QED) is 0.468. The second-order valence-electron chi connectivity index (χ2n) is 5.86. The summed E-state index contributed by atoms with van der Waals surface area (Å²) < 4.78 is 6.70. The third-order valence-electron chi connectivity index (χ3n) is 4.03. The molecule has 0 atom stereocenters. The van der Waals surface area contributed by atoms with Gasteiger partial charge >= 0.3 is 5.97 Å². The predicted octanol–water partition coefficient (Wildman–Crippen LogP) is 2.75. The molecule has 0 bridgehead atoms. The number of carboxylic acid groups (broad SMARTS) is 1. The number of aliphatic carboxylic acids is 1. The summed E-state index contributed by atoms with van der Waals surface area (Å²) in [5.41, 5.74) is 0.209. The Morgan fingerprint density at radius 2 is 2.14 bits per heavy atom. The first-order chi connectivity index (χ1) is 13.5. The number of aromatic nitrogens is 3. The summed E-state index contributed by atoms with van der Waals surface area (Å²) in [5, 5.41) is 21.3. The van der Waals surface area contributed by atoms with Crippen LogP contribution in [0.4, 0.5) is 0 Å². The van der Waals surface area contributed by atoms with Gasteiger partial charge in [0.1, 0.15) is 11.4 Å². The normalized spacial score (nSPS) is 11.2. The van der Waals surface area contributed by atoms with Crippen molar-refractivity contribution in [3.8, 4) is 5.75 Å². The molecule has 2 N–H and O–H groups in total. The zero-order valence-corrected chi connectivity index (χ0v) is 15.9. The third kappa shape index (κ3) is 4.15. The fourth-order valence-electron chi connectivity index (χ4n) is 2.72. The molecule has 2 aromatic carbocycles. The number of hydrogen-bond acceptors (Lipinski definition) is 6. The standard InChI is InChI=1S/C19H18N4O4S/c1-2-27-16-9-7-12-5-3-4-6-13(12)14(16)11-20-23-18(26)15(8-10-17(24)25)21-22-19(23)28/h3-7,9,11H,2,8,10H2,1H3,(H,22,28)(H,24,25)/b20-11-. The molecule has 144 valence electrons. The Balaban J connectivity index is 2.08. The lowest BCUT2D eigenvalue weighted by atomic mass is 10.0. The van der Waals surface area contributed by atoms with Crippen LogP contribution in [0.2, 0.25) is 0 Å². The van der Waals surface area contributed by atoms with Gasteiger partial charge in [0.25, 0.3) is 5.56 Å². The SMILES string of the molecule is CCOc1ccc2ccccc2c1/C=N\n1c(=S)[nH]nc(CCC(=O)O)c1=O. The van der Waals surface area contributed by atoms with Gasteiger partial charge < -0.3 is 9.84 Å². The molecule has 8 nitrogen and oxygen atoms in total. The third-order valence-corrected chi connectivity index (χ3v) is 4.29. The van der Waals surface area contributed by atoms with Gasteiger partial charge in [-0.25, -0.2) is 0 Å². The maximum Gasteiger partial charge on any atom is 0.303 e. The van der Waals surface area contributed by atoms with E-state index in [-0.39, 0.29) is 23.3 Å². The number of H-pyrrole nitrogens is 1. The van der Waals surface area contributed by atoms with Gasteiger partial charge in [0.05, 0.1) is 19.2 Å². The highest BCUT2D eigenvalue weighted by Crippen LogP contribution is 2.26. The van der Waals surface area contributed by atoms with Crippen LogP contribution in [0.25, 0.3) is 10.8 Å². The van der Waals surface area contributed by atoms with Crippen molar-refractivity contribution in [2.24, 2.45) is 5.10 Å². The number of carboxylic acids is 1. The van der Waals surface area contributed by atoms with Crippen molar-refractivity contribution >= 4 is 35.2 Å². The second kappa shape index (κ2) is 8.57. The fourth-order valence-corrected chi connectivity index (χ4v) is 2.90. The molecule has 1 heterocycles. The summed E-state index contributed by atoms with van der Waals surface area (Å²) >= 11 is 5.11. The molecule has 1 aromatic heterocycles. The highest BCUT2D eigenvalue weighted by Gasteiger charge is 2.10. The van der Waals surface area contributed by atoms with Crippen molar-refractivity contribution in [1.82, 2.24) is 14.9 Å². The summed E-state index contributed by atoms with van der Waals surface area (Å²) in [6.07, 6.45) is 1.28. The second-order valence-corrected chi connectivity index (χ2v) is 6.25. The molecule has 0 saturated carbocycles. The molecule has 0 aliphatic carbocycles. The lowest BCUT2D eigenvalue weighted by molar-refractivity contribution is -0.136. The van der Waals surface area contributed by atoms with E-state index in [2.05, 4.69) is 15.3 Å². The number of aromatic amines is 1. The first-order valence-corrected chi connectivity index (χ1v) is 9.03. The van der Waals surface area contributed by atoms with Crippen LogP contribution in [0.3, 0.4) is 0 Å². The zero-order chi connectivity index (χ0) is 20.1. The van der Waals surface area contributed by atoms with Crippen LogP contribution in [0.5, 0.6) is 5.75 Å². The summed E-state index contributed by atoms with van der Waals surface area (Å²) in [4.78, 5) is 23.3. The number of nitrogens with zero attached hydrogens (tertiary/aromatic N) is 3. The number of hydrogen-bond donors (Lipinski definition) is 2. The van der Waals surface area contributed by atoms with E-state index in [4.69, 9.17) is 22.1 Å². The van der Waals surface area contributed by atoms with Crippen molar-refractivity contribution in [3.05, 3.63) is 62.8 Å². The molecule has 0 unspecified atom stereocenters. The van der Waals surface area contributed by atoms with E-state index >= 15 is 0 Å². The minimum absolute atomic E-state index is 0.0125. The predicted molar refractivity (Wildman–Crippen MR) is 108 cm³/mol. The van der Waals surface area contributed by atoms with E-state index in [1.54, 1.807) is 0 Å². The van der Waals surface area contributed by atoms with Gasteiger partial charge in [-0.15, -0.1) is 0 Å². The number of ether oxygens (including phenoxy) is 1. The van der Waals surface area contributed by atoms with E-state index in [0.29, 0.717) is 17.9 Å². The maximum atomic E-state index is 12.6. The highest BCUT2D eigenvalue weighted by molar-refractivity contribution is 7.71. The first-order valence-electron chi connectivity index (χ1n) is 8.62. The Kier molecular flexibility index (Phi) is 5.95. The van der Waals surface area contributed by atoms with E-state index < -0.39 is 11.5 Å². The van der Waals surface area contributed by atoms with Crippen LogP contribution in [-0.4, -0.2) is 38.8 Å². The maximum absolute atomic E-state index is 12.6. The summed E-state index contributed by atoms with van der Waals surface area (Å²) in [7, 11) is 0. The Morgan fingerprint density at radius 3 is 2.89 bits per heavy atom. The van der Waals surface area contributed by atoms with Crippen LogP contribution in [0.15, 0.2) is 46.3 Å². The Bertz CT molecular complexity index is 1170. The summed E-state index contributed by atoms with van der Waals surface area (Å²) in [6.45, 7) is 2.36. The molecule has 0 saturated heterocycles. The van der Waals surface area contributed by atoms with Gasteiger partial charge in [-0.2, -0.15) is 14.9 Å². The lowest BCUT2D eigenvalue weighted by Crippen LogP contribution is -2.25. The molecule has 9 heteroatoms. The monoisotopic (exact) mass is 398 g/mol. The zero-order valence-electron chi connectivity index (χ0n) is 15.1. The molecule has 0 amide bonds. The topological polar surface area (TPSA) is 110 Å². The molecule has 0 aliphatic rings. The molecule has 0 radical (unpaired) electrons. The van der Waals surface area contributed by atoms with Crippen LogP contribution in [-0.2, 0) is 11.2 Å². The van der Waals surface area contributed by atoms with Crippen molar-refractivity contribution in [3.63, 3.8) is 0 Å². The minimum atomic E-state index is -1.02. The largest absolute Gasteiger partial charge is 0.493 e. The molecule has 3 rings (SSSR count). The number of carbonyl (C=O) groups is 1. The Morgan fingerprint density at radius 1 is 1.36 bits per heavy atom. The number of aryl methyl sites for hydroxylation is 1. The summed E-state index contributed by atoms with van der Waals surface area (Å²) in [6, 6.07) is 11.5. The molecule has 28 heavy (non-hydrogen) atoms. The molecular formula is C19H18N4O4S. The molecular weight excluding hydrogens is 380 g/mol. The Labute approximate surface area is 165 Å². The van der Waals surface area contributed by atoms with E-state index in [1.165, 1.54) is 6.21 Å². The van der Waals surface area contributed by atoms with Gasteiger partial charge in [0.15, 0.2) is 0 Å². The smallest absolute Gasteiger partial charge is 0.303 e. The van der Waals surface area contributed by atoms with Gasteiger partial charge in [-0.05, 0) is 36.0 Å².